The van der Waals surface area contributed by atoms with E-state index in [1.54, 1.807) is 24.2 Å². The summed E-state index contributed by atoms with van der Waals surface area (Å²) in [5.74, 6) is 0.353. The van der Waals surface area contributed by atoms with Gasteiger partial charge in [-0.05, 0) is 24.0 Å². The number of morpholine rings is 1. The summed E-state index contributed by atoms with van der Waals surface area (Å²) in [5.41, 5.74) is 1.08. The van der Waals surface area contributed by atoms with Gasteiger partial charge < -0.3 is 15.0 Å². The predicted molar refractivity (Wildman–Crippen MR) is 110 cm³/mol. The van der Waals surface area contributed by atoms with Crippen LogP contribution in [0.15, 0.2) is 46.3 Å². The van der Waals surface area contributed by atoms with Gasteiger partial charge in [0.1, 0.15) is 6.54 Å². The minimum atomic E-state index is -0.364. The molecule has 1 aliphatic heterocycles. The van der Waals surface area contributed by atoms with Gasteiger partial charge in [-0.2, -0.15) is 0 Å². The van der Waals surface area contributed by atoms with Crippen molar-refractivity contribution >= 4 is 29.1 Å². The van der Waals surface area contributed by atoms with Crippen LogP contribution in [0.1, 0.15) is 5.56 Å². The summed E-state index contributed by atoms with van der Waals surface area (Å²) in [4.78, 5) is 32.6. The molecule has 152 valence electrons. The molecule has 4 rings (SSSR count). The van der Waals surface area contributed by atoms with Crippen molar-refractivity contribution in [1.82, 2.24) is 24.5 Å². The standard InChI is InChI=1S/C19H22N6O3S/c1-29-15-4-2-14(3-5-15)12-21-16(26)13-25-19(27)24-7-6-20-17(18(24)22-25)23-8-10-28-11-9-23/h2-7H,8-13H2,1H3,(H,21,26). The Balaban J connectivity index is 1.47. The Bertz CT molecular complexity index is 1060. The van der Waals surface area contributed by atoms with Crippen molar-refractivity contribution in [2.75, 3.05) is 37.5 Å². The lowest BCUT2D eigenvalue weighted by molar-refractivity contribution is -0.122. The van der Waals surface area contributed by atoms with Crippen LogP contribution in [0.2, 0.25) is 0 Å². The Kier molecular flexibility index (Phi) is 5.81. The van der Waals surface area contributed by atoms with Gasteiger partial charge in [0.2, 0.25) is 11.6 Å². The van der Waals surface area contributed by atoms with Gasteiger partial charge in [0, 0.05) is 36.9 Å². The summed E-state index contributed by atoms with van der Waals surface area (Å²) in [7, 11) is 0. The van der Waals surface area contributed by atoms with Crippen molar-refractivity contribution < 1.29 is 9.53 Å². The molecule has 1 amide bonds. The number of thioether (sulfide) groups is 1. The Morgan fingerprint density at radius 2 is 2.00 bits per heavy atom. The number of carbonyl (C=O) groups excluding carboxylic acids is 1. The second kappa shape index (κ2) is 8.66. The summed E-state index contributed by atoms with van der Waals surface area (Å²) in [6.45, 7) is 2.83. The number of ether oxygens (including phenoxy) is 1. The van der Waals surface area contributed by atoms with Crippen molar-refractivity contribution in [1.29, 1.82) is 0 Å². The van der Waals surface area contributed by atoms with E-state index in [0.717, 1.165) is 5.56 Å². The maximum atomic E-state index is 12.7. The first kappa shape index (κ1) is 19.5. The lowest BCUT2D eigenvalue weighted by Gasteiger charge is -2.27. The maximum absolute atomic E-state index is 12.7. The molecule has 2 aromatic heterocycles. The van der Waals surface area contributed by atoms with Crippen LogP contribution in [0, 0.1) is 0 Å². The number of nitrogens with one attached hydrogen (secondary N) is 1. The highest BCUT2D eigenvalue weighted by Gasteiger charge is 2.19. The first-order valence-corrected chi connectivity index (χ1v) is 10.5. The zero-order valence-corrected chi connectivity index (χ0v) is 16.9. The van der Waals surface area contributed by atoms with Crippen LogP contribution in [-0.4, -0.2) is 57.6 Å². The topological polar surface area (TPSA) is 93.8 Å². The van der Waals surface area contributed by atoms with Crippen LogP contribution >= 0.6 is 11.8 Å². The van der Waals surface area contributed by atoms with Crippen LogP contribution in [0.5, 0.6) is 0 Å². The molecule has 3 aromatic rings. The van der Waals surface area contributed by atoms with E-state index in [9.17, 15) is 9.59 Å². The number of carbonyl (C=O) groups is 1. The van der Waals surface area contributed by atoms with Crippen LogP contribution in [-0.2, 0) is 22.6 Å². The second-order valence-electron chi connectivity index (χ2n) is 6.61. The van der Waals surface area contributed by atoms with Gasteiger partial charge in [0.15, 0.2) is 5.82 Å². The molecule has 3 heterocycles. The summed E-state index contributed by atoms with van der Waals surface area (Å²) in [6, 6.07) is 7.98. The smallest absolute Gasteiger partial charge is 0.350 e. The molecular weight excluding hydrogens is 392 g/mol. The highest BCUT2D eigenvalue weighted by molar-refractivity contribution is 7.98. The third kappa shape index (κ3) is 4.28. The van der Waals surface area contributed by atoms with Crippen LogP contribution in [0.3, 0.4) is 0 Å². The van der Waals surface area contributed by atoms with E-state index in [-0.39, 0.29) is 18.1 Å². The fourth-order valence-corrected chi connectivity index (χ4v) is 3.58. The molecule has 9 nitrogen and oxygen atoms in total. The molecule has 0 atom stereocenters. The van der Waals surface area contributed by atoms with Gasteiger partial charge in [-0.25, -0.2) is 18.9 Å². The van der Waals surface area contributed by atoms with Gasteiger partial charge in [0.05, 0.1) is 13.2 Å². The number of aromatic nitrogens is 4. The van der Waals surface area contributed by atoms with E-state index < -0.39 is 0 Å². The molecule has 0 spiro atoms. The molecule has 10 heteroatoms. The predicted octanol–water partition coefficient (Wildman–Crippen LogP) is 0.766. The Morgan fingerprint density at radius 1 is 1.24 bits per heavy atom. The van der Waals surface area contributed by atoms with Crippen molar-refractivity contribution in [3.8, 4) is 0 Å². The number of benzene rings is 1. The highest BCUT2D eigenvalue weighted by atomic mass is 32.2. The van der Waals surface area contributed by atoms with Crippen molar-refractivity contribution in [2.24, 2.45) is 0 Å². The molecule has 1 N–H and O–H groups in total. The van der Waals surface area contributed by atoms with Crippen molar-refractivity contribution in [3.63, 3.8) is 0 Å². The van der Waals surface area contributed by atoms with Crippen LogP contribution in [0.4, 0.5) is 5.82 Å². The summed E-state index contributed by atoms with van der Waals surface area (Å²) >= 11 is 1.67. The molecule has 1 saturated heterocycles. The number of rotatable bonds is 6. The molecular formula is C19H22N6O3S. The van der Waals surface area contributed by atoms with Crippen LogP contribution in [0.25, 0.3) is 5.65 Å². The monoisotopic (exact) mass is 414 g/mol. The van der Waals surface area contributed by atoms with E-state index in [1.165, 1.54) is 14.0 Å². The Hall–Kier alpha value is -2.85. The fraction of sp³-hybridized carbons (Fsp3) is 0.368. The zero-order valence-electron chi connectivity index (χ0n) is 16.1. The van der Waals surface area contributed by atoms with Gasteiger partial charge >= 0.3 is 5.69 Å². The first-order chi connectivity index (χ1) is 14.2. The van der Waals surface area contributed by atoms with Gasteiger partial charge in [-0.3, -0.25) is 4.79 Å². The first-order valence-electron chi connectivity index (χ1n) is 9.32. The molecule has 29 heavy (non-hydrogen) atoms. The van der Waals surface area contributed by atoms with E-state index in [1.807, 2.05) is 35.4 Å². The quantitative estimate of drug-likeness (QED) is 0.596. The van der Waals surface area contributed by atoms with E-state index >= 15 is 0 Å². The van der Waals surface area contributed by atoms with Crippen molar-refractivity contribution in [3.05, 3.63) is 52.7 Å². The van der Waals surface area contributed by atoms with Crippen molar-refractivity contribution in [2.45, 2.75) is 18.0 Å². The van der Waals surface area contributed by atoms with E-state index in [4.69, 9.17) is 4.74 Å². The Morgan fingerprint density at radius 3 is 2.72 bits per heavy atom. The number of hydrogen-bond acceptors (Lipinski definition) is 7. The number of nitrogens with zero attached hydrogens (tertiary/aromatic N) is 5. The molecule has 0 unspecified atom stereocenters. The third-order valence-electron chi connectivity index (χ3n) is 4.74. The molecule has 0 radical (unpaired) electrons. The molecule has 1 fully saturated rings. The molecule has 1 aromatic carbocycles. The zero-order chi connectivity index (χ0) is 20.2. The minimum absolute atomic E-state index is 0.147. The lowest BCUT2D eigenvalue weighted by Crippen LogP contribution is -2.37. The fourth-order valence-electron chi connectivity index (χ4n) is 3.17. The molecule has 0 saturated carbocycles. The maximum Gasteiger partial charge on any atom is 0.350 e. The summed E-state index contributed by atoms with van der Waals surface area (Å²) in [5, 5.41) is 7.20. The van der Waals surface area contributed by atoms with Gasteiger partial charge in [-0.15, -0.1) is 16.9 Å². The largest absolute Gasteiger partial charge is 0.378 e. The number of anilines is 1. The average molecular weight is 414 g/mol. The summed E-state index contributed by atoms with van der Waals surface area (Å²) in [6.07, 6.45) is 5.16. The molecule has 1 aliphatic rings. The van der Waals surface area contributed by atoms with Gasteiger partial charge in [0.25, 0.3) is 0 Å². The molecule has 0 aliphatic carbocycles. The van der Waals surface area contributed by atoms with Crippen LogP contribution < -0.4 is 15.9 Å². The highest BCUT2D eigenvalue weighted by Crippen LogP contribution is 2.17. The number of fused-ring (bicyclic) bond motifs is 1. The average Bonchev–Trinajstić information content (AvgIpc) is 3.08. The SMILES string of the molecule is CSc1ccc(CNC(=O)Cn2nc3c(N4CCOCC4)nccn3c2=O)cc1. The minimum Gasteiger partial charge on any atom is -0.378 e. The number of amides is 1. The molecule has 0 bridgehead atoms. The number of hydrogen-bond donors (Lipinski definition) is 1. The second-order valence-corrected chi connectivity index (χ2v) is 7.49. The Labute approximate surface area is 171 Å². The third-order valence-corrected chi connectivity index (χ3v) is 5.48. The van der Waals surface area contributed by atoms with Gasteiger partial charge in [-0.1, -0.05) is 12.1 Å². The normalized spacial score (nSPS) is 14.3. The van der Waals surface area contributed by atoms with E-state index in [2.05, 4.69) is 15.4 Å². The summed E-state index contributed by atoms with van der Waals surface area (Å²) < 4.78 is 7.97. The van der Waals surface area contributed by atoms with E-state index in [0.29, 0.717) is 44.3 Å². The lowest BCUT2D eigenvalue weighted by atomic mass is 10.2.